The molecular formula is C17H26O2. The van der Waals surface area contributed by atoms with E-state index in [0.717, 1.165) is 38.5 Å². The summed E-state index contributed by atoms with van der Waals surface area (Å²) in [4.78, 5) is 0. The SMILES string of the molecule is CCCC1CCC2=C(CCC3(C)C2=CCC[C@@H]3O)O1. The zero-order chi connectivity index (χ0) is 13.5. The molecule has 0 bridgehead atoms. The Morgan fingerprint density at radius 3 is 3.00 bits per heavy atom. The van der Waals surface area contributed by atoms with Crippen molar-refractivity contribution in [3.63, 3.8) is 0 Å². The molecule has 3 rings (SSSR count). The summed E-state index contributed by atoms with van der Waals surface area (Å²) in [5.41, 5.74) is 2.82. The first-order chi connectivity index (χ1) is 9.15. The van der Waals surface area contributed by atoms with Crippen LogP contribution in [0.2, 0.25) is 0 Å². The molecule has 3 aliphatic rings. The van der Waals surface area contributed by atoms with E-state index in [9.17, 15) is 5.11 Å². The minimum atomic E-state index is -0.171. The Labute approximate surface area is 116 Å². The monoisotopic (exact) mass is 262 g/mol. The first kappa shape index (κ1) is 13.2. The van der Waals surface area contributed by atoms with Gasteiger partial charge in [0.15, 0.2) is 0 Å². The number of hydrogen-bond acceptors (Lipinski definition) is 2. The van der Waals surface area contributed by atoms with Gasteiger partial charge in [0.05, 0.1) is 18.0 Å². The van der Waals surface area contributed by atoms with Crippen LogP contribution in [0.25, 0.3) is 0 Å². The van der Waals surface area contributed by atoms with Crippen molar-refractivity contribution >= 4 is 0 Å². The van der Waals surface area contributed by atoms with Crippen molar-refractivity contribution in [2.24, 2.45) is 5.41 Å². The molecule has 2 nitrogen and oxygen atoms in total. The van der Waals surface area contributed by atoms with Crippen molar-refractivity contribution in [3.05, 3.63) is 23.0 Å². The van der Waals surface area contributed by atoms with Crippen molar-refractivity contribution in [3.8, 4) is 0 Å². The van der Waals surface area contributed by atoms with Crippen LogP contribution in [0.4, 0.5) is 0 Å². The Kier molecular flexibility index (Phi) is 3.46. The van der Waals surface area contributed by atoms with Gasteiger partial charge in [-0.3, -0.25) is 0 Å². The van der Waals surface area contributed by atoms with E-state index in [-0.39, 0.29) is 11.5 Å². The van der Waals surface area contributed by atoms with Crippen LogP contribution in [0.15, 0.2) is 23.0 Å². The Morgan fingerprint density at radius 1 is 1.37 bits per heavy atom. The molecule has 3 atom stereocenters. The van der Waals surface area contributed by atoms with Gasteiger partial charge in [0.1, 0.15) is 0 Å². The zero-order valence-corrected chi connectivity index (χ0v) is 12.2. The van der Waals surface area contributed by atoms with Crippen LogP contribution in [0.3, 0.4) is 0 Å². The summed E-state index contributed by atoms with van der Waals surface area (Å²) in [5.74, 6) is 1.24. The van der Waals surface area contributed by atoms with Crippen molar-refractivity contribution in [2.75, 3.05) is 0 Å². The smallest absolute Gasteiger partial charge is 0.0999 e. The number of aliphatic hydroxyl groups excluding tert-OH is 1. The molecule has 0 aromatic rings. The van der Waals surface area contributed by atoms with Gasteiger partial charge < -0.3 is 9.84 Å². The van der Waals surface area contributed by atoms with Crippen molar-refractivity contribution in [1.82, 2.24) is 0 Å². The second kappa shape index (κ2) is 4.97. The summed E-state index contributed by atoms with van der Waals surface area (Å²) in [6, 6.07) is 0. The van der Waals surface area contributed by atoms with Crippen molar-refractivity contribution in [1.29, 1.82) is 0 Å². The third-order valence-electron chi connectivity index (χ3n) is 5.31. The summed E-state index contributed by atoms with van der Waals surface area (Å²) < 4.78 is 6.22. The van der Waals surface area contributed by atoms with Gasteiger partial charge in [-0.2, -0.15) is 0 Å². The molecule has 0 aromatic carbocycles. The quantitative estimate of drug-likeness (QED) is 0.812. The van der Waals surface area contributed by atoms with Gasteiger partial charge in [-0.25, -0.2) is 0 Å². The second-order valence-electron chi connectivity index (χ2n) is 6.60. The van der Waals surface area contributed by atoms with Crippen LogP contribution >= 0.6 is 0 Å². The Hall–Kier alpha value is -0.760. The van der Waals surface area contributed by atoms with E-state index < -0.39 is 0 Å². The highest BCUT2D eigenvalue weighted by molar-refractivity contribution is 5.44. The molecule has 1 N–H and O–H groups in total. The molecule has 0 radical (unpaired) electrons. The zero-order valence-electron chi connectivity index (χ0n) is 12.2. The van der Waals surface area contributed by atoms with Gasteiger partial charge >= 0.3 is 0 Å². The highest BCUT2D eigenvalue weighted by Gasteiger charge is 2.44. The number of allylic oxidation sites excluding steroid dienone is 3. The molecule has 0 fully saturated rings. The number of ether oxygens (including phenoxy) is 1. The predicted octanol–water partition coefficient (Wildman–Crippen LogP) is 4.10. The number of hydrogen-bond donors (Lipinski definition) is 1. The van der Waals surface area contributed by atoms with Crippen LogP contribution in [0.5, 0.6) is 0 Å². The van der Waals surface area contributed by atoms with Crippen LogP contribution in [0.1, 0.15) is 65.2 Å². The summed E-state index contributed by atoms with van der Waals surface area (Å²) >= 11 is 0. The molecule has 0 saturated carbocycles. The van der Waals surface area contributed by atoms with Crippen molar-refractivity contribution in [2.45, 2.75) is 77.4 Å². The minimum Gasteiger partial charge on any atom is -0.494 e. The van der Waals surface area contributed by atoms with Gasteiger partial charge in [0, 0.05) is 11.8 Å². The minimum absolute atomic E-state index is 0.0158. The normalized spacial score (nSPS) is 38.2. The highest BCUT2D eigenvalue weighted by atomic mass is 16.5. The lowest BCUT2D eigenvalue weighted by Gasteiger charge is -2.46. The average molecular weight is 262 g/mol. The van der Waals surface area contributed by atoms with Gasteiger partial charge in [0.25, 0.3) is 0 Å². The molecule has 106 valence electrons. The third-order valence-corrected chi connectivity index (χ3v) is 5.31. The van der Waals surface area contributed by atoms with Crippen LogP contribution < -0.4 is 0 Å². The molecule has 0 spiro atoms. The summed E-state index contributed by atoms with van der Waals surface area (Å²) in [6.45, 7) is 4.47. The van der Waals surface area contributed by atoms with E-state index in [1.54, 1.807) is 0 Å². The fraction of sp³-hybridized carbons (Fsp3) is 0.765. The lowest BCUT2D eigenvalue weighted by Crippen LogP contribution is -2.41. The summed E-state index contributed by atoms with van der Waals surface area (Å²) in [6.07, 6.45) is 11.3. The maximum atomic E-state index is 10.4. The molecule has 0 aromatic heterocycles. The maximum absolute atomic E-state index is 10.4. The topological polar surface area (TPSA) is 29.5 Å². The van der Waals surface area contributed by atoms with E-state index in [4.69, 9.17) is 4.74 Å². The number of rotatable bonds is 2. The molecule has 0 amide bonds. The van der Waals surface area contributed by atoms with Crippen LogP contribution in [0, 0.1) is 5.41 Å². The van der Waals surface area contributed by atoms with Crippen molar-refractivity contribution < 1.29 is 9.84 Å². The lowest BCUT2D eigenvalue weighted by molar-refractivity contribution is 0.0197. The number of fused-ring (bicyclic) bond motifs is 2. The first-order valence-corrected chi connectivity index (χ1v) is 7.93. The first-order valence-electron chi connectivity index (χ1n) is 7.93. The third kappa shape index (κ3) is 2.14. The van der Waals surface area contributed by atoms with E-state index in [1.807, 2.05) is 0 Å². The highest BCUT2D eigenvalue weighted by Crippen LogP contribution is 2.52. The molecule has 0 saturated heterocycles. The predicted molar refractivity (Wildman–Crippen MR) is 76.7 cm³/mol. The largest absolute Gasteiger partial charge is 0.494 e. The van der Waals surface area contributed by atoms with Crippen LogP contribution in [-0.4, -0.2) is 17.3 Å². The molecule has 19 heavy (non-hydrogen) atoms. The van der Waals surface area contributed by atoms with E-state index in [2.05, 4.69) is 19.9 Å². The van der Waals surface area contributed by atoms with E-state index in [0.29, 0.717) is 6.10 Å². The molecule has 1 aliphatic heterocycles. The molecule has 2 aliphatic carbocycles. The van der Waals surface area contributed by atoms with Gasteiger partial charge in [-0.15, -0.1) is 0 Å². The Balaban J connectivity index is 1.89. The summed E-state index contributed by atoms with van der Waals surface area (Å²) in [5, 5.41) is 10.4. The van der Waals surface area contributed by atoms with E-state index in [1.165, 1.54) is 29.7 Å². The molecular weight excluding hydrogens is 236 g/mol. The van der Waals surface area contributed by atoms with Gasteiger partial charge in [-0.05, 0) is 49.7 Å². The lowest BCUT2D eigenvalue weighted by atomic mass is 9.63. The Bertz CT molecular complexity index is 421. The van der Waals surface area contributed by atoms with Gasteiger partial charge in [0.2, 0.25) is 0 Å². The standard InChI is InChI=1S/C17H26O2/c1-3-5-12-8-9-13-14-6-4-7-16(18)17(14,2)11-10-15(13)19-12/h6,12,16,18H,3-5,7-11H2,1-2H3/t12?,16-,17?/m0/s1. The Morgan fingerprint density at radius 2 is 2.21 bits per heavy atom. The molecule has 2 heteroatoms. The van der Waals surface area contributed by atoms with Gasteiger partial charge in [-0.1, -0.05) is 26.3 Å². The average Bonchev–Trinajstić information content (AvgIpc) is 2.41. The fourth-order valence-electron chi connectivity index (χ4n) is 4.06. The summed E-state index contributed by atoms with van der Waals surface area (Å²) in [7, 11) is 0. The fourth-order valence-corrected chi connectivity index (χ4v) is 4.06. The molecule has 2 unspecified atom stereocenters. The maximum Gasteiger partial charge on any atom is 0.0999 e. The van der Waals surface area contributed by atoms with Crippen LogP contribution in [-0.2, 0) is 4.74 Å². The number of aliphatic hydroxyl groups is 1. The molecule has 1 heterocycles. The second-order valence-corrected chi connectivity index (χ2v) is 6.60. The van der Waals surface area contributed by atoms with E-state index >= 15 is 0 Å².